The first-order chi connectivity index (χ1) is 8.90. The summed E-state index contributed by atoms with van der Waals surface area (Å²) in [5.74, 6) is 1.64. The third-order valence-corrected chi connectivity index (χ3v) is 6.05. The minimum absolute atomic E-state index is 0.440. The molecule has 0 saturated heterocycles. The number of benzene rings is 1. The van der Waals surface area contributed by atoms with Crippen LogP contribution in [0, 0.1) is 0 Å². The lowest BCUT2D eigenvalue weighted by molar-refractivity contribution is 0.668. The molecule has 96 valence electrons. The van der Waals surface area contributed by atoms with Crippen molar-refractivity contribution < 1.29 is 0 Å². The van der Waals surface area contributed by atoms with Gasteiger partial charge < -0.3 is 0 Å². The van der Waals surface area contributed by atoms with Gasteiger partial charge in [-0.15, -0.1) is 0 Å². The molecule has 0 unspecified atom stereocenters. The van der Waals surface area contributed by atoms with Crippen LogP contribution in [-0.4, -0.2) is 8.83 Å². The van der Waals surface area contributed by atoms with E-state index < -0.39 is 0 Å². The largest absolute Gasteiger partial charge is 0.210 e. The number of hydrogen-bond donors (Lipinski definition) is 0. The topological polar surface area (TPSA) is 0 Å². The van der Waals surface area contributed by atoms with Crippen LogP contribution in [0.5, 0.6) is 0 Å². The van der Waals surface area contributed by atoms with E-state index in [1.165, 1.54) is 56.6 Å². The first-order valence-corrected chi connectivity index (χ1v) is 9.41. The highest BCUT2D eigenvalue weighted by Gasteiger charge is 2.27. The summed E-state index contributed by atoms with van der Waals surface area (Å²) in [7, 11) is 0.440. The average molecular weight is 277 g/mol. The molecule has 1 aromatic rings. The highest BCUT2D eigenvalue weighted by Crippen LogP contribution is 2.41. The molecule has 0 atom stereocenters. The monoisotopic (exact) mass is 276 g/mol. The van der Waals surface area contributed by atoms with Crippen LogP contribution in [0.4, 0.5) is 0 Å². The zero-order chi connectivity index (χ0) is 12.4. The van der Waals surface area contributed by atoms with E-state index in [1.54, 1.807) is 11.1 Å². The predicted octanol–water partition coefficient (Wildman–Crippen LogP) is 4.49. The molecule has 2 radical (unpaired) electrons. The van der Waals surface area contributed by atoms with E-state index >= 15 is 0 Å². The van der Waals surface area contributed by atoms with E-state index in [9.17, 15) is 0 Å². The van der Waals surface area contributed by atoms with Gasteiger partial charge >= 0.3 is 0 Å². The van der Waals surface area contributed by atoms with E-state index in [2.05, 4.69) is 18.2 Å². The smallest absolute Gasteiger partial charge is 0.165 e. The van der Waals surface area contributed by atoms with E-state index in [0.717, 1.165) is 11.8 Å². The molecule has 18 heavy (non-hydrogen) atoms. The van der Waals surface area contributed by atoms with Gasteiger partial charge in [0.1, 0.15) is 0 Å². The fourth-order valence-electron chi connectivity index (χ4n) is 3.93. The van der Waals surface area contributed by atoms with Gasteiger partial charge in [-0.05, 0) is 53.8 Å². The standard InChI is InChI=1S/C16H21ClSi/c17-18-15-11-5-10-14(12-6-1-2-7-12)16(15)13-8-3-4-9-13/h5,10-13H,1-4,6-9H2. The molecule has 0 aliphatic heterocycles. The van der Waals surface area contributed by atoms with Crippen molar-refractivity contribution in [1.29, 1.82) is 0 Å². The lowest BCUT2D eigenvalue weighted by atomic mass is 9.85. The summed E-state index contributed by atoms with van der Waals surface area (Å²) in [6, 6.07) is 6.89. The minimum atomic E-state index is 0.440. The van der Waals surface area contributed by atoms with Crippen LogP contribution in [0.3, 0.4) is 0 Å². The molecule has 1 aromatic carbocycles. The molecule has 0 bridgehead atoms. The Morgan fingerprint density at radius 2 is 1.50 bits per heavy atom. The highest BCUT2D eigenvalue weighted by atomic mass is 35.6. The molecule has 2 heteroatoms. The summed E-state index contributed by atoms with van der Waals surface area (Å²) < 4.78 is 0. The van der Waals surface area contributed by atoms with Gasteiger partial charge in [-0.3, -0.25) is 0 Å². The van der Waals surface area contributed by atoms with Crippen molar-refractivity contribution in [2.75, 3.05) is 0 Å². The van der Waals surface area contributed by atoms with Gasteiger partial charge in [-0.2, -0.15) is 11.1 Å². The summed E-state index contributed by atoms with van der Waals surface area (Å²) in [6.07, 6.45) is 11.2. The molecular formula is C16H21ClSi. The van der Waals surface area contributed by atoms with Crippen LogP contribution in [0.2, 0.25) is 0 Å². The molecule has 2 saturated carbocycles. The fraction of sp³-hybridized carbons (Fsp3) is 0.625. The summed E-state index contributed by atoms with van der Waals surface area (Å²) in [4.78, 5) is 0. The maximum Gasteiger partial charge on any atom is 0.210 e. The Labute approximate surface area is 118 Å². The number of rotatable bonds is 3. The third kappa shape index (κ3) is 2.40. The van der Waals surface area contributed by atoms with E-state index in [-0.39, 0.29) is 0 Å². The minimum Gasteiger partial charge on any atom is -0.165 e. The maximum atomic E-state index is 6.22. The molecule has 2 aliphatic rings. The van der Waals surface area contributed by atoms with Crippen molar-refractivity contribution >= 4 is 25.1 Å². The van der Waals surface area contributed by atoms with Crippen molar-refractivity contribution in [3.05, 3.63) is 29.3 Å². The van der Waals surface area contributed by atoms with Gasteiger partial charge in [0.15, 0.2) is 0 Å². The van der Waals surface area contributed by atoms with Crippen LogP contribution in [0.15, 0.2) is 18.2 Å². The first-order valence-electron chi connectivity index (χ1n) is 7.39. The van der Waals surface area contributed by atoms with Crippen molar-refractivity contribution in [1.82, 2.24) is 0 Å². The lowest BCUT2D eigenvalue weighted by Gasteiger charge is -2.22. The Morgan fingerprint density at radius 3 is 2.11 bits per heavy atom. The van der Waals surface area contributed by atoms with E-state index in [4.69, 9.17) is 11.1 Å². The first kappa shape index (κ1) is 12.7. The van der Waals surface area contributed by atoms with Crippen molar-refractivity contribution in [3.8, 4) is 0 Å². The summed E-state index contributed by atoms with van der Waals surface area (Å²) in [5.41, 5.74) is 3.32. The zero-order valence-electron chi connectivity index (χ0n) is 10.9. The molecule has 0 nitrogen and oxygen atoms in total. The van der Waals surface area contributed by atoms with Crippen LogP contribution in [-0.2, 0) is 0 Å². The van der Waals surface area contributed by atoms with Crippen LogP contribution < -0.4 is 5.19 Å². The average Bonchev–Trinajstić information content (AvgIpc) is 3.10. The normalized spacial score (nSPS) is 21.8. The summed E-state index contributed by atoms with van der Waals surface area (Å²) in [5, 5.41) is 1.44. The second-order valence-corrected chi connectivity index (χ2v) is 7.16. The third-order valence-electron chi connectivity index (χ3n) is 4.80. The van der Waals surface area contributed by atoms with Crippen molar-refractivity contribution in [2.45, 2.75) is 63.2 Å². The molecule has 0 spiro atoms. The second kappa shape index (κ2) is 5.79. The molecule has 2 aliphatic carbocycles. The van der Waals surface area contributed by atoms with Gasteiger partial charge in [0.05, 0.1) is 0 Å². The quantitative estimate of drug-likeness (QED) is 0.564. The van der Waals surface area contributed by atoms with Gasteiger partial charge in [-0.1, -0.05) is 43.9 Å². The molecular weight excluding hydrogens is 256 g/mol. The Morgan fingerprint density at radius 1 is 0.889 bits per heavy atom. The molecule has 0 N–H and O–H groups in total. The van der Waals surface area contributed by atoms with Crippen LogP contribution in [0.1, 0.15) is 74.3 Å². The number of hydrogen-bond acceptors (Lipinski definition) is 0. The highest BCUT2D eigenvalue weighted by molar-refractivity contribution is 7.01. The Hall–Kier alpha value is -0.273. The van der Waals surface area contributed by atoms with Gasteiger partial charge in [0.2, 0.25) is 8.83 Å². The van der Waals surface area contributed by atoms with Crippen LogP contribution >= 0.6 is 11.1 Å². The molecule has 0 aromatic heterocycles. The summed E-state index contributed by atoms with van der Waals surface area (Å²) >= 11 is 6.22. The Bertz CT molecular complexity index is 404. The number of halogens is 1. The fourth-order valence-corrected chi connectivity index (χ4v) is 5.03. The summed E-state index contributed by atoms with van der Waals surface area (Å²) in [6.45, 7) is 0. The van der Waals surface area contributed by atoms with E-state index in [1.807, 2.05) is 0 Å². The van der Waals surface area contributed by atoms with E-state index in [0.29, 0.717) is 8.83 Å². The van der Waals surface area contributed by atoms with Gasteiger partial charge in [0, 0.05) is 0 Å². The molecule has 0 amide bonds. The van der Waals surface area contributed by atoms with Gasteiger partial charge in [0.25, 0.3) is 0 Å². The van der Waals surface area contributed by atoms with Crippen molar-refractivity contribution in [3.63, 3.8) is 0 Å². The van der Waals surface area contributed by atoms with Crippen LogP contribution in [0.25, 0.3) is 0 Å². The zero-order valence-corrected chi connectivity index (χ0v) is 12.7. The van der Waals surface area contributed by atoms with Gasteiger partial charge in [-0.25, -0.2) is 0 Å². The lowest BCUT2D eigenvalue weighted by Crippen LogP contribution is -2.21. The predicted molar refractivity (Wildman–Crippen MR) is 80.1 cm³/mol. The molecule has 0 heterocycles. The second-order valence-electron chi connectivity index (χ2n) is 5.87. The Balaban J connectivity index is 2.00. The molecule has 3 rings (SSSR count). The SMILES string of the molecule is Cl[Si]c1cccc(C2CCCC2)c1C1CCCC1. The maximum absolute atomic E-state index is 6.22. The van der Waals surface area contributed by atoms with Crippen molar-refractivity contribution in [2.24, 2.45) is 0 Å². The Kier molecular flexibility index (Phi) is 4.10. The molecule has 2 fully saturated rings.